The number of esters is 1. The maximum atomic E-state index is 12.5. The van der Waals surface area contributed by atoms with E-state index in [2.05, 4.69) is 33.0 Å². The van der Waals surface area contributed by atoms with Gasteiger partial charge in [-0.05, 0) is 71.2 Å². The standard InChI is InChI=1S/C23H25NO5/c1-22(2)11-12-23(3,4)18-13-15(7-10-17(18)22)20(27)29-21(28)24-16-8-5-14(6-9-16)19(25)26/h5-10,13H,11-12H2,1-4H3,(H,24,28)(H,25,26). The van der Waals surface area contributed by atoms with Crippen molar-refractivity contribution in [2.24, 2.45) is 0 Å². The van der Waals surface area contributed by atoms with Crippen LogP contribution in [-0.4, -0.2) is 23.1 Å². The van der Waals surface area contributed by atoms with Crippen molar-refractivity contribution in [1.29, 1.82) is 0 Å². The third-order valence-electron chi connectivity index (χ3n) is 5.65. The Bertz CT molecular complexity index is 973. The monoisotopic (exact) mass is 395 g/mol. The molecule has 0 radical (unpaired) electrons. The number of hydrogen-bond acceptors (Lipinski definition) is 4. The SMILES string of the molecule is CC1(C)CCC(C)(C)c2cc(C(=O)OC(=O)Nc3ccc(C(=O)O)cc3)ccc21. The van der Waals surface area contributed by atoms with E-state index in [1.807, 2.05) is 12.1 Å². The number of rotatable bonds is 3. The van der Waals surface area contributed by atoms with Crippen molar-refractivity contribution in [2.45, 2.75) is 51.4 Å². The molecule has 0 fully saturated rings. The number of hydrogen-bond donors (Lipinski definition) is 2. The molecule has 1 aliphatic carbocycles. The lowest BCUT2D eigenvalue weighted by Gasteiger charge is -2.41. The van der Waals surface area contributed by atoms with Gasteiger partial charge >= 0.3 is 18.0 Å². The highest BCUT2D eigenvalue weighted by atomic mass is 16.6. The molecule has 0 saturated heterocycles. The summed E-state index contributed by atoms with van der Waals surface area (Å²) in [6, 6.07) is 11.0. The largest absolute Gasteiger partial charge is 0.478 e. The Morgan fingerprint density at radius 1 is 0.862 bits per heavy atom. The molecular weight excluding hydrogens is 370 g/mol. The van der Waals surface area contributed by atoms with E-state index < -0.39 is 18.0 Å². The van der Waals surface area contributed by atoms with Gasteiger partial charge in [-0.25, -0.2) is 14.4 Å². The van der Waals surface area contributed by atoms with Crippen LogP contribution < -0.4 is 5.32 Å². The van der Waals surface area contributed by atoms with Gasteiger partial charge < -0.3 is 9.84 Å². The number of carbonyl (C=O) groups is 3. The van der Waals surface area contributed by atoms with E-state index in [0.717, 1.165) is 18.4 Å². The summed E-state index contributed by atoms with van der Waals surface area (Å²) in [5.74, 6) is -1.79. The first kappa shape index (κ1) is 20.6. The molecule has 3 rings (SSSR count). The number of aromatic carboxylic acids is 1. The molecule has 6 heteroatoms. The third kappa shape index (κ3) is 4.31. The van der Waals surface area contributed by atoms with Crippen LogP contribution in [0, 0.1) is 0 Å². The van der Waals surface area contributed by atoms with Gasteiger partial charge in [0, 0.05) is 5.69 Å². The molecule has 0 spiro atoms. The van der Waals surface area contributed by atoms with Gasteiger partial charge in [0.05, 0.1) is 11.1 Å². The molecule has 6 nitrogen and oxygen atoms in total. The van der Waals surface area contributed by atoms with Crippen molar-refractivity contribution in [3.63, 3.8) is 0 Å². The molecule has 0 atom stereocenters. The normalized spacial score (nSPS) is 16.4. The van der Waals surface area contributed by atoms with Crippen LogP contribution in [0.2, 0.25) is 0 Å². The number of fused-ring (bicyclic) bond motifs is 1. The maximum Gasteiger partial charge on any atom is 0.419 e. The molecule has 1 amide bonds. The zero-order valence-electron chi connectivity index (χ0n) is 17.0. The molecule has 29 heavy (non-hydrogen) atoms. The Morgan fingerprint density at radius 2 is 1.41 bits per heavy atom. The minimum atomic E-state index is -1.06. The molecule has 2 N–H and O–H groups in total. The summed E-state index contributed by atoms with van der Waals surface area (Å²) in [7, 11) is 0. The zero-order chi connectivity index (χ0) is 21.4. The van der Waals surface area contributed by atoms with Crippen molar-refractivity contribution in [2.75, 3.05) is 5.32 Å². The average Bonchev–Trinajstić information content (AvgIpc) is 2.65. The van der Waals surface area contributed by atoms with E-state index in [4.69, 9.17) is 9.84 Å². The van der Waals surface area contributed by atoms with Crippen molar-refractivity contribution in [3.05, 3.63) is 64.7 Å². The van der Waals surface area contributed by atoms with Crippen molar-refractivity contribution >= 4 is 23.7 Å². The van der Waals surface area contributed by atoms with Gasteiger partial charge in [0.2, 0.25) is 0 Å². The minimum absolute atomic E-state index is 0.0345. The van der Waals surface area contributed by atoms with Crippen LogP contribution in [-0.2, 0) is 15.6 Å². The first-order chi connectivity index (χ1) is 13.5. The Balaban J connectivity index is 1.74. The smallest absolute Gasteiger partial charge is 0.419 e. The van der Waals surface area contributed by atoms with Crippen LogP contribution in [0.5, 0.6) is 0 Å². The van der Waals surface area contributed by atoms with Crippen molar-refractivity contribution < 1.29 is 24.2 Å². The number of amides is 1. The summed E-state index contributed by atoms with van der Waals surface area (Å²) in [5, 5.41) is 11.3. The second-order valence-electron chi connectivity index (χ2n) is 8.71. The Morgan fingerprint density at radius 3 is 2.00 bits per heavy atom. The topological polar surface area (TPSA) is 92.7 Å². The molecule has 152 valence electrons. The summed E-state index contributed by atoms with van der Waals surface area (Å²) in [6.07, 6.45) is 1.16. The Kier molecular flexibility index (Phi) is 5.22. The van der Waals surface area contributed by atoms with Crippen LogP contribution in [0.25, 0.3) is 0 Å². The fraction of sp³-hybridized carbons (Fsp3) is 0.348. The lowest BCUT2D eigenvalue weighted by atomic mass is 9.63. The molecular formula is C23H25NO5. The lowest BCUT2D eigenvalue weighted by molar-refractivity contribution is 0.0642. The van der Waals surface area contributed by atoms with Crippen LogP contribution in [0.15, 0.2) is 42.5 Å². The van der Waals surface area contributed by atoms with E-state index in [1.54, 1.807) is 6.07 Å². The number of carboxylic acid groups (broad SMARTS) is 1. The van der Waals surface area contributed by atoms with Gasteiger partial charge in [-0.3, -0.25) is 5.32 Å². The first-order valence-corrected chi connectivity index (χ1v) is 9.51. The van der Waals surface area contributed by atoms with E-state index in [9.17, 15) is 14.4 Å². The van der Waals surface area contributed by atoms with E-state index in [-0.39, 0.29) is 16.4 Å². The van der Waals surface area contributed by atoms with Gasteiger partial charge in [-0.2, -0.15) is 0 Å². The van der Waals surface area contributed by atoms with Gasteiger partial charge in [0.15, 0.2) is 0 Å². The molecule has 0 aromatic heterocycles. The molecule has 2 aromatic rings. The highest BCUT2D eigenvalue weighted by molar-refractivity contribution is 6.00. The predicted octanol–water partition coefficient (Wildman–Crippen LogP) is 5.12. The van der Waals surface area contributed by atoms with Crippen LogP contribution in [0.4, 0.5) is 10.5 Å². The second-order valence-corrected chi connectivity index (χ2v) is 8.71. The quantitative estimate of drug-likeness (QED) is 0.556. The van der Waals surface area contributed by atoms with Crippen LogP contribution >= 0.6 is 0 Å². The summed E-state index contributed by atoms with van der Waals surface area (Å²) < 4.78 is 4.92. The van der Waals surface area contributed by atoms with E-state index >= 15 is 0 Å². The number of benzene rings is 2. The van der Waals surface area contributed by atoms with Gasteiger partial charge in [-0.15, -0.1) is 0 Å². The third-order valence-corrected chi connectivity index (χ3v) is 5.65. The highest BCUT2D eigenvalue weighted by Gasteiger charge is 2.37. The summed E-state index contributed by atoms with van der Waals surface area (Å²) >= 11 is 0. The minimum Gasteiger partial charge on any atom is -0.478 e. The van der Waals surface area contributed by atoms with Crippen molar-refractivity contribution in [3.8, 4) is 0 Å². The van der Waals surface area contributed by atoms with Gasteiger partial charge in [-0.1, -0.05) is 33.8 Å². The molecule has 2 aromatic carbocycles. The number of carbonyl (C=O) groups excluding carboxylic acids is 2. The van der Waals surface area contributed by atoms with Gasteiger partial charge in [0.1, 0.15) is 0 Å². The molecule has 1 aliphatic rings. The molecule has 0 aliphatic heterocycles. The Hall–Kier alpha value is -3.15. The number of ether oxygens (including phenoxy) is 1. The zero-order valence-corrected chi connectivity index (χ0v) is 17.0. The fourth-order valence-electron chi connectivity index (χ4n) is 3.70. The molecule has 0 heterocycles. The maximum absolute atomic E-state index is 12.5. The molecule has 0 saturated carbocycles. The summed E-state index contributed by atoms with van der Waals surface area (Å²) in [6.45, 7) is 8.71. The predicted molar refractivity (Wildman–Crippen MR) is 110 cm³/mol. The van der Waals surface area contributed by atoms with E-state index in [1.165, 1.54) is 29.8 Å². The van der Waals surface area contributed by atoms with Crippen LogP contribution in [0.3, 0.4) is 0 Å². The molecule has 0 bridgehead atoms. The van der Waals surface area contributed by atoms with E-state index in [0.29, 0.717) is 11.3 Å². The molecule has 0 unspecified atom stereocenters. The number of nitrogens with one attached hydrogen (secondary N) is 1. The first-order valence-electron chi connectivity index (χ1n) is 9.51. The lowest BCUT2D eigenvalue weighted by Crippen LogP contribution is -2.34. The summed E-state index contributed by atoms with van der Waals surface area (Å²) in [4.78, 5) is 35.4. The van der Waals surface area contributed by atoms with Crippen LogP contribution in [0.1, 0.15) is 72.4 Å². The average molecular weight is 395 g/mol. The summed E-state index contributed by atoms with van der Waals surface area (Å²) in [5.41, 5.74) is 3.05. The highest BCUT2D eigenvalue weighted by Crippen LogP contribution is 2.45. The second kappa shape index (κ2) is 7.35. The van der Waals surface area contributed by atoms with Gasteiger partial charge in [0.25, 0.3) is 0 Å². The fourth-order valence-corrected chi connectivity index (χ4v) is 3.70. The number of carboxylic acids is 1. The Labute approximate surface area is 169 Å². The van der Waals surface area contributed by atoms with Crippen molar-refractivity contribution in [1.82, 2.24) is 0 Å². The number of anilines is 1.